The zero-order valence-electron chi connectivity index (χ0n) is 14.7. The Kier molecular flexibility index (Phi) is 5.76. The lowest BCUT2D eigenvalue weighted by molar-refractivity contribution is 0.393. The lowest BCUT2D eigenvalue weighted by Crippen LogP contribution is -2.40. The lowest BCUT2D eigenvalue weighted by Gasteiger charge is -2.26. The van der Waals surface area contributed by atoms with Crippen LogP contribution in [0.25, 0.3) is 0 Å². The van der Waals surface area contributed by atoms with Crippen LogP contribution in [0.15, 0.2) is 48.5 Å². The van der Waals surface area contributed by atoms with E-state index in [1.54, 1.807) is 14.2 Å². The van der Waals surface area contributed by atoms with Crippen molar-refractivity contribution in [3.63, 3.8) is 0 Å². The number of nitrogens with one attached hydrogen (secondary N) is 1. The lowest BCUT2D eigenvalue weighted by atomic mass is 10.2. The van der Waals surface area contributed by atoms with E-state index in [0.29, 0.717) is 12.6 Å². The van der Waals surface area contributed by atoms with E-state index in [2.05, 4.69) is 34.5 Å². The normalized spacial score (nSPS) is 13.2. The van der Waals surface area contributed by atoms with Crippen molar-refractivity contribution in [3.05, 3.63) is 59.7 Å². The molecule has 132 valence electrons. The van der Waals surface area contributed by atoms with Gasteiger partial charge >= 0.3 is 0 Å². The van der Waals surface area contributed by atoms with Crippen LogP contribution in [0, 0.1) is 0 Å². The molecule has 0 unspecified atom stereocenters. The molecule has 0 aliphatic heterocycles. The number of hydrogen-bond donors (Lipinski definition) is 1. The van der Waals surface area contributed by atoms with Crippen molar-refractivity contribution in [1.29, 1.82) is 0 Å². The molecule has 1 N–H and O–H groups in total. The summed E-state index contributed by atoms with van der Waals surface area (Å²) in [5.41, 5.74) is 2.42. The molecular weight excluding hydrogens is 332 g/mol. The minimum absolute atomic E-state index is 0.554. The molecule has 3 rings (SSSR count). The highest BCUT2D eigenvalue weighted by atomic mass is 32.1. The highest BCUT2D eigenvalue weighted by Crippen LogP contribution is 2.29. The van der Waals surface area contributed by atoms with Crippen LogP contribution in [0.3, 0.4) is 0 Å². The zero-order valence-corrected chi connectivity index (χ0v) is 15.5. The molecule has 5 heteroatoms. The van der Waals surface area contributed by atoms with Gasteiger partial charge < -0.3 is 19.7 Å². The molecule has 0 saturated heterocycles. The fraction of sp³-hybridized carbons (Fsp3) is 0.350. The molecule has 1 saturated carbocycles. The van der Waals surface area contributed by atoms with Crippen LogP contribution in [0.4, 0.5) is 0 Å². The van der Waals surface area contributed by atoms with E-state index in [-0.39, 0.29) is 0 Å². The molecule has 1 aliphatic carbocycles. The van der Waals surface area contributed by atoms with Crippen LogP contribution in [-0.4, -0.2) is 30.3 Å². The number of thiocarbonyl (C=S) groups is 1. The van der Waals surface area contributed by atoms with Crippen LogP contribution < -0.4 is 14.8 Å². The summed E-state index contributed by atoms with van der Waals surface area (Å²) in [5.74, 6) is 1.74. The van der Waals surface area contributed by atoms with Gasteiger partial charge in [-0.05, 0) is 60.5 Å². The fourth-order valence-corrected chi connectivity index (χ4v) is 2.99. The van der Waals surface area contributed by atoms with Gasteiger partial charge in [0.25, 0.3) is 0 Å². The summed E-state index contributed by atoms with van der Waals surface area (Å²) < 4.78 is 10.4. The van der Waals surface area contributed by atoms with Crippen molar-refractivity contribution in [2.75, 3.05) is 14.2 Å². The number of rotatable bonds is 7. The van der Waals surface area contributed by atoms with Gasteiger partial charge in [0.2, 0.25) is 0 Å². The minimum Gasteiger partial charge on any atom is -0.497 e. The van der Waals surface area contributed by atoms with E-state index < -0.39 is 0 Å². The standard InChI is InChI=1S/C20H24N2O2S/c1-23-18-9-3-15(4-10-18)13-21-20(25)22(17-7-8-17)14-16-5-11-19(24-2)12-6-16/h3-6,9-12,17H,7-8,13-14H2,1-2H3,(H,21,25). The van der Waals surface area contributed by atoms with E-state index in [1.165, 1.54) is 24.0 Å². The van der Waals surface area contributed by atoms with Gasteiger partial charge in [0.15, 0.2) is 5.11 Å². The first-order valence-corrected chi connectivity index (χ1v) is 8.91. The maximum absolute atomic E-state index is 5.65. The number of ether oxygens (including phenoxy) is 2. The van der Waals surface area contributed by atoms with Crippen molar-refractivity contribution in [3.8, 4) is 11.5 Å². The van der Waals surface area contributed by atoms with E-state index in [1.807, 2.05) is 24.3 Å². The van der Waals surface area contributed by atoms with Gasteiger partial charge in [0, 0.05) is 19.1 Å². The van der Waals surface area contributed by atoms with Crippen LogP contribution in [0.5, 0.6) is 11.5 Å². The smallest absolute Gasteiger partial charge is 0.169 e. The van der Waals surface area contributed by atoms with Gasteiger partial charge in [-0.15, -0.1) is 0 Å². The van der Waals surface area contributed by atoms with E-state index >= 15 is 0 Å². The molecule has 0 radical (unpaired) electrons. The summed E-state index contributed by atoms with van der Waals surface area (Å²) in [4.78, 5) is 2.29. The maximum atomic E-state index is 5.65. The third kappa shape index (κ3) is 4.86. The summed E-state index contributed by atoms with van der Waals surface area (Å²) in [7, 11) is 3.36. The largest absolute Gasteiger partial charge is 0.497 e. The summed E-state index contributed by atoms with van der Waals surface area (Å²) in [5, 5.41) is 4.21. The minimum atomic E-state index is 0.554. The Morgan fingerprint density at radius 2 is 1.48 bits per heavy atom. The van der Waals surface area contributed by atoms with Crippen LogP contribution in [0.1, 0.15) is 24.0 Å². The van der Waals surface area contributed by atoms with Gasteiger partial charge in [0.05, 0.1) is 14.2 Å². The summed E-state index contributed by atoms with van der Waals surface area (Å²) in [6.07, 6.45) is 2.42. The first-order chi connectivity index (χ1) is 12.2. The van der Waals surface area contributed by atoms with E-state index in [9.17, 15) is 0 Å². The number of methoxy groups -OCH3 is 2. The first kappa shape index (κ1) is 17.5. The number of hydrogen-bond acceptors (Lipinski definition) is 3. The second kappa shape index (κ2) is 8.21. The van der Waals surface area contributed by atoms with Gasteiger partial charge in [0.1, 0.15) is 11.5 Å². The van der Waals surface area contributed by atoms with Crippen molar-refractivity contribution in [2.24, 2.45) is 0 Å². The van der Waals surface area contributed by atoms with Gasteiger partial charge in [-0.2, -0.15) is 0 Å². The quantitative estimate of drug-likeness (QED) is 0.764. The third-order valence-corrected chi connectivity index (χ3v) is 4.74. The molecule has 2 aromatic rings. The molecule has 0 amide bonds. The molecule has 1 aliphatic rings. The Bertz CT molecular complexity index is 697. The van der Waals surface area contributed by atoms with E-state index in [0.717, 1.165) is 23.2 Å². The first-order valence-electron chi connectivity index (χ1n) is 8.50. The molecule has 1 fully saturated rings. The molecule has 0 heterocycles. The van der Waals surface area contributed by atoms with Gasteiger partial charge in [-0.25, -0.2) is 0 Å². The van der Waals surface area contributed by atoms with Crippen LogP contribution in [0.2, 0.25) is 0 Å². The molecule has 0 spiro atoms. The summed E-state index contributed by atoms with van der Waals surface area (Å²) >= 11 is 5.65. The Hall–Kier alpha value is -2.27. The van der Waals surface area contributed by atoms with Gasteiger partial charge in [-0.3, -0.25) is 0 Å². The Morgan fingerprint density at radius 3 is 1.96 bits per heavy atom. The predicted octanol–water partition coefficient (Wildman–Crippen LogP) is 3.74. The average molecular weight is 356 g/mol. The molecule has 25 heavy (non-hydrogen) atoms. The highest BCUT2D eigenvalue weighted by Gasteiger charge is 2.30. The van der Waals surface area contributed by atoms with Gasteiger partial charge in [-0.1, -0.05) is 24.3 Å². The van der Waals surface area contributed by atoms with Crippen molar-refractivity contribution < 1.29 is 9.47 Å². The molecule has 0 aromatic heterocycles. The van der Waals surface area contributed by atoms with E-state index in [4.69, 9.17) is 21.7 Å². The molecule has 2 aromatic carbocycles. The topological polar surface area (TPSA) is 33.7 Å². The average Bonchev–Trinajstić information content (AvgIpc) is 3.50. The molecule has 0 bridgehead atoms. The summed E-state index contributed by atoms with van der Waals surface area (Å²) in [6, 6.07) is 16.8. The Balaban J connectivity index is 1.58. The van der Waals surface area contributed by atoms with Crippen molar-refractivity contribution in [2.45, 2.75) is 32.0 Å². The Labute approximate surface area is 154 Å². The molecule has 0 atom stereocenters. The molecular formula is C20H24N2O2S. The monoisotopic (exact) mass is 356 g/mol. The second-order valence-corrected chi connectivity index (χ2v) is 6.60. The third-order valence-electron chi connectivity index (χ3n) is 4.36. The van der Waals surface area contributed by atoms with Crippen LogP contribution in [-0.2, 0) is 13.1 Å². The SMILES string of the molecule is COc1ccc(CNC(=S)N(Cc2ccc(OC)cc2)C2CC2)cc1. The maximum Gasteiger partial charge on any atom is 0.169 e. The van der Waals surface area contributed by atoms with Crippen molar-refractivity contribution in [1.82, 2.24) is 10.2 Å². The van der Waals surface area contributed by atoms with Crippen LogP contribution >= 0.6 is 12.2 Å². The van der Waals surface area contributed by atoms with Crippen molar-refractivity contribution >= 4 is 17.3 Å². The number of nitrogens with zero attached hydrogens (tertiary/aromatic N) is 1. The predicted molar refractivity (Wildman–Crippen MR) is 104 cm³/mol. The zero-order chi connectivity index (χ0) is 17.6. The molecule has 4 nitrogen and oxygen atoms in total. The fourth-order valence-electron chi connectivity index (χ4n) is 2.70. The second-order valence-electron chi connectivity index (χ2n) is 6.21. The number of benzene rings is 2. The Morgan fingerprint density at radius 1 is 0.960 bits per heavy atom. The summed E-state index contributed by atoms with van der Waals surface area (Å²) in [6.45, 7) is 1.54. The highest BCUT2D eigenvalue weighted by molar-refractivity contribution is 7.80.